The van der Waals surface area contributed by atoms with Crippen molar-refractivity contribution in [3.63, 3.8) is 0 Å². The van der Waals surface area contributed by atoms with Crippen LogP contribution in [0.1, 0.15) is 24.0 Å². The zero-order valence-electron chi connectivity index (χ0n) is 14.3. The van der Waals surface area contributed by atoms with Gasteiger partial charge in [0.05, 0.1) is 11.5 Å². The van der Waals surface area contributed by atoms with Gasteiger partial charge in [-0.25, -0.2) is 8.42 Å². The maximum Gasteiger partial charge on any atom is 0.222 e. The number of amides is 1. The molecule has 0 spiro atoms. The zero-order valence-corrected chi connectivity index (χ0v) is 15.1. The first-order valence-corrected chi connectivity index (χ1v) is 10.5. The number of sulfone groups is 1. The topological polar surface area (TPSA) is 57.7 Å². The number of hydrogen-bond acceptors (Lipinski definition) is 4. The molecular weight excluding hydrogens is 324 g/mol. The van der Waals surface area contributed by atoms with E-state index in [-0.39, 0.29) is 17.7 Å². The molecule has 0 radical (unpaired) electrons. The van der Waals surface area contributed by atoms with E-state index in [0.29, 0.717) is 25.3 Å². The summed E-state index contributed by atoms with van der Waals surface area (Å²) < 4.78 is 23.2. The van der Waals surface area contributed by atoms with Crippen molar-refractivity contribution in [3.05, 3.63) is 35.4 Å². The second-order valence-electron chi connectivity index (χ2n) is 6.96. The zero-order chi connectivity index (χ0) is 17.2. The summed E-state index contributed by atoms with van der Waals surface area (Å²) in [4.78, 5) is 16.6. The highest BCUT2D eigenvalue weighted by Crippen LogP contribution is 2.19. The summed E-state index contributed by atoms with van der Waals surface area (Å²) in [7, 11) is -2.84. The normalized spacial score (nSPS) is 24.2. The number of benzene rings is 1. The summed E-state index contributed by atoms with van der Waals surface area (Å²) in [6, 6.07) is 8.45. The first-order chi connectivity index (χ1) is 11.4. The van der Waals surface area contributed by atoms with E-state index in [0.717, 1.165) is 25.9 Å². The maximum absolute atomic E-state index is 12.4. The molecule has 0 bridgehead atoms. The lowest BCUT2D eigenvalue weighted by molar-refractivity contribution is -0.133. The Bertz CT molecular complexity index is 694. The van der Waals surface area contributed by atoms with Crippen LogP contribution in [0, 0.1) is 6.92 Å². The van der Waals surface area contributed by atoms with E-state index in [4.69, 9.17) is 0 Å². The number of piperazine rings is 1. The predicted octanol–water partition coefficient (Wildman–Crippen LogP) is 1.26. The number of aryl methyl sites for hydroxylation is 2. The Balaban J connectivity index is 1.45. The SMILES string of the molecule is Cc1cccc(CCC(=O)N2CCN(C3CCS(=O)(=O)C3)CC2)c1. The monoisotopic (exact) mass is 350 g/mol. The largest absolute Gasteiger partial charge is 0.340 e. The summed E-state index contributed by atoms with van der Waals surface area (Å²) in [6.07, 6.45) is 2.06. The lowest BCUT2D eigenvalue weighted by Gasteiger charge is -2.37. The molecular formula is C18H26N2O3S. The molecule has 2 heterocycles. The van der Waals surface area contributed by atoms with Crippen molar-refractivity contribution in [1.29, 1.82) is 0 Å². The van der Waals surface area contributed by atoms with Gasteiger partial charge >= 0.3 is 0 Å². The first kappa shape index (κ1) is 17.4. The first-order valence-electron chi connectivity index (χ1n) is 8.71. The van der Waals surface area contributed by atoms with Crippen LogP contribution in [0.3, 0.4) is 0 Å². The van der Waals surface area contributed by atoms with Crippen molar-refractivity contribution in [3.8, 4) is 0 Å². The molecule has 1 amide bonds. The number of nitrogens with zero attached hydrogens (tertiary/aromatic N) is 2. The molecule has 5 nitrogen and oxygen atoms in total. The van der Waals surface area contributed by atoms with E-state index >= 15 is 0 Å². The van der Waals surface area contributed by atoms with Crippen LogP contribution in [0.5, 0.6) is 0 Å². The van der Waals surface area contributed by atoms with Crippen molar-refractivity contribution < 1.29 is 13.2 Å². The maximum atomic E-state index is 12.4. The van der Waals surface area contributed by atoms with Gasteiger partial charge in [-0.3, -0.25) is 9.69 Å². The molecule has 1 unspecified atom stereocenters. The van der Waals surface area contributed by atoms with Crippen LogP contribution in [0.15, 0.2) is 24.3 Å². The molecule has 2 saturated heterocycles. The van der Waals surface area contributed by atoms with Crippen molar-refractivity contribution in [2.24, 2.45) is 0 Å². The van der Waals surface area contributed by atoms with E-state index in [9.17, 15) is 13.2 Å². The Labute approximate surface area is 144 Å². The van der Waals surface area contributed by atoms with Crippen LogP contribution >= 0.6 is 0 Å². The van der Waals surface area contributed by atoms with Gasteiger partial charge < -0.3 is 4.90 Å². The van der Waals surface area contributed by atoms with Crippen LogP contribution in [-0.4, -0.2) is 67.9 Å². The molecule has 0 N–H and O–H groups in total. The minimum Gasteiger partial charge on any atom is -0.340 e. The molecule has 2 aliphatic rings. The van der Waals surface area contributed by atoms with Crippen LogP contribution in [-0.2, 0) is 21.1 Å². The van der Waals surface area contributed by atoms with E-state index in [1.54, 1.807) is 0 Å². The Hall–Kier alpha value is -1.40. The average molecular weight is 350 g/mol. The minimum atomic E-state index is -2.84. The van der Waals surface area contributed by atoms with Gasteiger partial charge in [-0.15, -0.1) is 0 Å². The highest BCUT2D eigenvalue weighted by Gasteiger charge is 2.34. The van der Waals surface area contributed by atoms with Crippen LogP contribution in [0.4, 0.5) is 0 Å². The highest BCUT2D eigenvalue weighted by molar-refractivity contribution is 7.91. The summed E-state index contributed by atoms with van der Waals surface area (Å²) in [5.41, 5.74) is 2.43. The average Bonchev–Trinajstić information content (AvgIpc) is 2.93. The second kappa shape index (κ2) is 7.23. The fourth-order valence-electron chi connectivity index (χ4n) is 3.68. The quantitative estimate of drug-likeness (QED) is 0.820. The molecule has 0 aliphatic carbocycles. The van der Waals surface area contributed by atoms with E-state index in [1.807, 2.05) is 11.0 Å². The number of rotatable bonds is 4. The van der Waals surface area contributed by atoms with E-state index in [2.05, 4.69) is 30.0 Å². The highest BCUT2D eigenvalue weighted by atomic mass is 32.2. The molecule has 132 valence electrons. The molecule has 2 fully saturated rings. The standard InChI is InChI=1S/C18H26N2O3S/c1-15-3-2-4-16(13-15)5-6-18(21)20-10-8-19(9-11-20)17-7-12-24(22,23)14-17/h2-4,13,17H,5-12,14H2,1H3. The molecule has 0 aromatic heterocycles. The van der Waals surface area contributed by atoms with Gasteiger partial charge in [-0.2, -0.15) is 0 Å². The van der Waals surface area contributed by atoms with Crippen molar-refractivity contribution in [2.45, 2.75) is 32.2 Å². The summed E-state index contributed by atoms with van der Waals surface area (Å²) in [5.74, 6) is 0.803. The fraction of sp³-hybridized carbons (Fsp3) is 0.611. The molecule has 0 saturated carbocycles. The van der Waals surface area contributed by atoms with Gasteiger partial charge in [0.15, 0.2) is 9.84 Å². The van der Waals surface area contributed by atoms with Crippen LogP contribution < -0.4 is 0 Å². The summed E-state index contributed by atoms with van der Waals surface area (Å²) in [6.45, 7) is 5.06. The molecule has 2 aliphatic heterocycles. The second-order valence-corrected chi connectivity index (χ2v) is 9.19. The van der Waals surface area contributed by atoms with E-state index in [1.165, 1.54) is 11.1 Å². The molecule has 3 rings (SSSR count). The van der Waals surface area contributed by atoms with Crippen LogP contribution in [0.25, 0.3) is 0 Å². The smallest absolute Gasteiger partial charge is 0.222 e. The Kier molecular flexibility index (Phi) is 5.25. The van der Waals surface area contributed by atoms with Crippen molar-refractivity contribution >= 4 is 15.7 Å². The number of carbonyl (C=O) groups is 1. The third kappa shape index (κ3) is 4.36. The Morgan fingerprint density at radius 2 is 1.96 bits per heavy atom. The third-order valence-electron chi connectivity index (χ3n) is 5.10. The van der Waals surface area contributed by atoms with E-state index < -0.39 is 9.84 Å². The minimum absolute atomic E-state index is 0.152. The van der Waals surface area contributed by atoms with Gasteiger partial charge in [-0.05, 0) is 25.3 Å². The summed E-state index contributed by atoms with van der Waals surface area (Å²) >= 11 is 0. The molecule has 24 heavy (non-hydrogen) atoms. The lowest BCUT2D eigenvalue weighted by atomic mass is 10.1. The van der Waals surface area contributed by atoms with Crippen molar-refractivity contribution in [2.75, 3.05) is 37.7 Å². The predicted molar refractivity (Wildman–Crippen MR) is 94.7 cm³/mol. The van der Waals surface area contributed by atoms with Gasteiger partial charge in [0, 0.05) is 38.6 Å². The Morgan fingerprint density at radius 3 is 2.58 bits per heavy atom. The molecule has 1 atom stereocenters. The summed E-state index contributed by atoms with van der Waals surface area (Å²) in [5, 5.41) is 0. The lowest BCUT2D eigenvalue weighted by Crippen LogP contribution is -2.52. The van der Waals surface area contributed by atoms with Gasteiger partial charge in [0.1, 0.15) is 0 Å². The molecule has 1 aromatic carbocycles. The molecule has 6 heteroatoms. The third-order valence-corrected chi connectivity index (χ3v) is 6.85. The Morgan fingerprint density at radius 1 is 1.21 bits per heavy atom. The van der Waals surface area contributed by atoms with Crippen LogP contribution in [0.2, 0.25) is 0 Å². The van der Waals surface area contributed by atoms with Gasteiger partial charge in [-0.1, -0.05) is 29.8 Å². The number of hydrogen-bond donors (Lipinski definition) is 0. The fourth-order valence-corrected chi connectivity index (χ4v) is 5.44. The molecule has 1 aromatic rings. The van der Waals surface area contributed by atoms with Crippen molar-refractivity contribution in [1.82, 2.24) is 9.80 Å². The van der Waals surface area contributed by atoms with Gasteiger partial charge in [0.25, 0.3) is 0 Å². The van der Waals surface area contributed by atoms with Gasteiger partial charge in [0.2, 0.25) is 5.91 Å². The number of carbonyl (C=O) groups excluding carboxylic acids is 1.